The third-order valence-electron chi connectivity index (χ3n) is 5.35. The maximum Gasteiger partial charge on any atom is 0.363 e. The average molecular weight is 602 g/mol. The lowest BCUT2D eigenvalue weighted by molar-refractivity contribution is -0.129. The highest BCUT2D eigenvalue weighted by atomic mass is 127. The van der Waals surface area contributed by atoms with Crippen molar-refractivity contribution in [1.29, 1.82) is 0 Å². The lowest BCUT2D eigenvalue weighted by atomic mass is 10.0. The van der Waals surface area contributed by atoms with Crippen molar-refractivity contribution in [3.63, 3.8) is 0 Å². The molecule has 0 fully saturated rings. The van der Waals surface area contributed by atoms with Gasteiger partial charge in [-0.3, -0.25) is 0 Å². The first-order valence-corrected chi connectivity index (χ1v) is 12.8. The van der Waals surface area contributed by atoms with Gasteiger partial charge in [0, 0.05) is 9.13 Å². The number of carbonyl (C=O) groups excluding carboxylic acids is 1. The van der Waals surface area contributed by atoms with E-state index in [1.807, 2.05) is 55.5 Å². The van der Waals surface area contributed by atoms with Gasteiger partial charge in [-0.2, -0.15) is 0 Å². The normalized spacial score (nSPS) is 14.3. The minimum Gasteiger partial charge on any atom is -0.490 e. The summed E-state index contributed by atoms with van der Waals surface area (Å²) in [7, 11) is 0. The van der Waals surface area contributed by atoms with Crippen molar-refractivity contribution in [3.05, 3.63) is 97.2 Å². The number of hydrogen-bond donors (Lipinski definition) is 0. The second kappa shape index (κ2) is 11.3. The molecule has 3 aromatic rings. The molecule has 0 atom stereocenters. The molecule has 1 heterocycles. The van der Waals surface area contributed by atoms with Crippen LogP contribution in [0, 0.1) is 3.57 Å². The van der Waals surface area contributed by atoms with Crippen molar-refractivity contribution in [1.82, 2.24) is 0 Å². The van der Waals surface area contributed by atoms with E-state index < -0.39 is 5.97 Å². The van der Waals surface area contributed by atoms with Gasteiger partial charge in [-0.1, -0.05) is 49.7 Å². The van der Waals surface area contributed by atoms with Crippen LogP contribution in [-0.4, -0.2) is 18.5 Å². The molecule has 35 heavy (non-hydrogen) atoms. The number of cyclic esters (lactones) is 1. The van der Waals surface area contributed by atoms with Crippen molar-refractivity contribution in [3.8, 4) is 11.5 Å². The topological polar surface area (TPSA) is 57.1 Å². The van der Waals surface area contributed by atoms with Gasteiger partial charge in [0.05, 0.1) is 11.6 Å². The molecule has 0 radical (unpaired) electrons. The molecule has 0 N–H and O–H groups in total. The van der Waals surface area contributed by atoms with Crippen LogP contribution in [0.5, 0.6) is 11.5 Å². The van der Waals surface area contributed by atoms with Crippen LogP contribution in [0.25, 0.3) is 6.08 Å². The lowest BCUT2D eigenvalue weighted by Crippen LogP contribution is -2.05. The van der Waals surface area contributed by atoms with Crippen molar-refractivity contribution >= 4 is 52.1 Å². The predicted molar refractivity (Wildman–Crippen MR) is 147 cm³/mol. The number of rotatable bonds is 8. The van der Waals surface area contributed by atoms with E-state index in [9.17, 15) is 4.79 Å². The number of carbonyl (C=O) groups is 1. The highest BCUT2D eigenvalue weighted by molar-refractivity contribution is 14.1. The molecular weight excluding hydrogens is 577 g/mol. The molecule has 5 nitrogen and oxygen atoms in total. The number of esters is 1. The fraction of sp³-hybridized carbons (Fsp3) is 0.214. The predicted octanol–water partition coefficient (Wildman–Crippen LogP) is 7.39. The van der Waals surface area contributed by atoms with Crippen LogP contribution in [0.2, 0.25) is 5.02 Å². The molecule has 7 heteroatoms. The van der Waals surface area contributed by atoms with Gasteiger partial charge in [0.1, 0.15) is 6.61 Å². The van der Waals surface area contributed by atoms with Gasteiger partial charge < -0.3 is 14.2 Å². The van der Waals surface area contributed by atoms with Crippen molar-refractivity contribution in [2.45, 2.75) is 33.3 Å². The summed E-state index contributed by atoms with van der Waals surface area (Å²) in [5.41, 5.74) is 3.83. The summed E-state index contributed by atoms with van der Waals surface area (Å²) in [5, 5.41) is 0.383. The monoisotopic (exact) mass is 601 g/mol. The van der Waals surface area contributed by atoms with E-state index >= 15 is 0 Å². The van der Waals surface area contributed by atoms with E-state index in [0.29, 0.717) is 41.2 Å². The first-order valence-electron chi connectivity index (χ1n) is 11.3. The summed E-state index contributed by atoms with van der Waals surface area (Å²) in [6, 6.07) is 19.4. The van der Waals surface area contributed by atoms with Crippen LogP contribution < -0.4 is 9.47 Å². The van der Waals surface area contributed by atoms with Crippen LogP contribution in [-0.2, 0) is 16.1 Å². The van der Waals surface area contributed by atoms with Crippen LogP contribution in [0.15, 0.2) is 71.4 Å². The Kier molecular flexibility index (Phi) is 8.13. The molecule has 0 spiro atoms. The molecule has 0 unspecified atom stereocenters. The van der Waals surface area contributed by atoms with Gasteiger partial charge in [-0.15, -0.1) is 0 Å². The van der Waals surface area contributed by atoms with Gasteiger partial charge in [-0.05, 0) is 94.6 Å². The Labute approximate surface area is 223 Å². The number of ether oxygens (including phenoxy) is 3. The molecule has 0 aromatic heterocycles. The van der Waals surface area contributed by atoms with E-state index in [1.165, 1.54) is 5.56 Å². The third-order valence-corrected chi connectivity index (χ3v) is 6.30. The summed E-state index contributed by atoms with van der Waals surface area (Å²) in [6.45, 7) is 6.93. The maximum absolute atomic E-state index is 12.5. The number of hydrogen-bond acceptors (Lipinski definition) is 5. The van der Waals surface area contributed by atoms with Crippen molar-refractivity contribution in [2.24, 2.45) is 4.99 Å². The Balaban J connectivity index is 1.59. The average Bonchev–Trinajstić information content (AvgIpc) is 3.19. The zero-order valence-electron chi connectivity index (χ0n) is 19.7. The fourth-order valence-electron chi connectivity index (χ4n) is 3.56. The largest absolute Gasteiger partial charge is 0.490 e. The lowest BCUT2D eigenvalue weighted by Gasteiger charge is -2.15. The van der Waals surface area contributed by atoms with Gasteiger partial charge in [0.15, 0.2) is 17.2 Å². The Morgan fingerprint density at radius 3 is 2.54 bits per heavy atom. The Bertz CT molecular complexity index is 1300. The molecule has 4 rings (SSSR count). The van der Waals surface area contributed by atoms with E-state index in [1.54, 1.807) is 18.2 Å². The molecule has 1 aliphatic heterocycles. The Morgan fingerprint density at radius 2 is 1.86 bits per heavy atom. The van der Waals surface area contributed by atoms with E-state index in [4.69, 9.17) is 25.8 Å². The smallest absolute Gasteiger partial charge is 0.363 e. The highest BCUT2D eigenvalue weighted by Crippen LogP contribution is 2.38. The molecular formula is C28H25ClINO4. The number of benzene rings is 3. The Morgan fingerprint density at radius 1 is 1.09 bits per heavy atom. The summed E-state index contributed by atoms with van der Waals surface area (Å²) >= 11 is 8.83. The standard InChI is InChI=1S/C28H25ClINO4/c1-4-33-25-15-19(13-23(29)26(25)34-16-18-6-5-7-22(30)12-18)14-24-28(32)35-27(31-24)21-10-8-20(9-11-21)17(2)3/h5-15,17H,4,16H2,1-3H3/b24-14-. The van der Waals surface area contributed by atoms with Crippen LogP contribution >= 0.6 is 34.2 Å². The van der Waals surface area contributed by atoms with Gasteiger partial charge in [-0.25, -0.2) is 9.79 Å². The quantitative estimate of drug-likeness (QED) is 0.154. The summed E-state index contributed by atoms with van der Waals surface area (Å²) < 4.78 is 18.3. The van der Waals surface area contributed by atoms with Crippen LogP contribution in [0.1, 0.15) is 48.9 Å². The van der Waals surface area contributed by atoms with E-state index in [0.717, 1.165) is 14.7 Å². The zero-order valence-corrected chi connectivity index (χ0v) is 22.6. The maximum atomic E-state index is 12.5. The first-order chi connectivity index (χ1) is 16.8. The van der Waals surface area contributed by atoms with Crippen molar-refractivity contribution in [2.75, 3.05) is 6.61 Å². The highest BCUT2D eigenvalue weighted by Gasteiger charge is 2.24. The minimum atomic E-state index is -0.513. The molecule has 0 saturated heterocycles. The van der Waals surface area contributed by atoms with Crippen LogP contribution in [0.4, 0.5) is 0 Å². The number of aliphatic imine (C=N–C) groups is 1. The van der Waals surface area contributed by atoms with E-state index in [-0.39, 0.29) is 11.6 Å². The SMILES string of the molecule is CCOc1cc(/C=C2\N=C(c3ccc(C(C)C)cc3)OC2=O)cc(Cl)c1OCc1cccc(I)c1. The number of nitrogens with zero attached hydrogens (tertiary/aromatic N) is 1. The molecule has 0 aliphatic carbocycles. The minimum absolute atomic E-state index is 0.194. The molecule has 0 bridgehead atoms. The zero-order chi connectivity index (χ0) is 24.9. The second-order valence-corrected chi connectivity index (χ2v) is 9.95. The first kappa shape index (κ1) is 25.3. The molecule has 0 amide bonds. The Hall–Kier alpha value is -2.84. The second-order valence-electron chi connectivity index (χ2n) is 8.29. The van der Waals surface area contributed by atoms with Gasteiger partial charge >= 0.3 is 5.97 Å². The molecule has 3 aromatic carbocycles. The summed E-state index contributed by atoms with van der Waals surface area (Å²) in [4.78, 5) is 16.9. The van der Waals surface area contributed by atoms with E-state index in [2.05, 4.69) is 41.4 Å². The molecule has 180 valence electrons. The molecule has 0 saturated carbocycles. The third kappa shape index (κ3) is 6.24. The van der Waals surface area contributed by atoms with Crippen molar-refractivity contribution < 1.29 is 19.0 Å². The van der Waals surface area contributed by atoms with Gasteiger partial charge in [0.25, 0.3) is 0 Å². The molecule has 1 aliphatic rings. The summed E-state index contributed by atoms with van der Waals surface area (Å²) in [6.07, 6.45) is 1.63. The van der Waals surface area contributed by atoms with Crippen LogP contribution in [0.3, 0.4) is 0 Å². The number of halogens is 2. The summed E-state index contributed by atoms with van der Waals surface area (Å²) in [5.74, 6) is 1.14. The fourth-order valence-corrected chi connectivity index (χ4v) is 4.44. The van der Waals surface area contributed by atoms with Gasteiger partial charge in [0.2, 0.25) is 5.90 Å².